The van der Waals surface area contributed by atoms with Crippen molar-refractivity contribution < 1.29 is 9.59 Å². The lowest BCUT2D eigenvalue weighted by Crippen LogP contribution is -2.27. The van der Waals surface area contributed by atoms with Crippen molar-refractivity contribution in [1.82, 2.24) is 0 Å². The van der Waals surface area contributed by atoms with Crippen LogP contribution in [0.5, 0.6) is 0 Å². The molecule has 1 heterocycles. The zero-order valence-electron chi connectivity index (χ0n) is 15.8. The maximum absolute atomic E-state index is 12.7. The lowest BCUT2D eigenvalue weighted by molar-refractivity contribution is -0.114. The first kappa shape index (κ1) is 18.6. The average molecular weight is 371 g/mol. The third-order valence-corrected chi connectivity index (χ3v) is 6.14. The summed E-state index contributed by atoms with van der Waals surface area (Å²) in [4.78, 5) is 25.2. The zero-order valence-corrected chi connectivity index (χ0v) is 16.6. The highest BCUT2D eigenvalue weighted by molar-refractivity contribution is 7.10. The molecule has 2 N–H and O–H groups in total. The van der Waals surface area contributed by atoms with Crippen molar-refractivity contribution in [3.05, 3.63) is 45.6 Å². The third-order valence-electron chi connectivity index (χ3n) is 5.09. The number of thiophene rings is 1. The van der Waals surface area contributed by atoms with Crippen molar-refractivity contribution in [3.63, 3.8) is 0 Å². The molecular formula is C21H26N2O2S. The van der Waals surface area contributed by atoms with Gasteiger partial charge in [0.05, 0.1) is 5.56 Å². The molecule has 0 saturated heterocycles. The molecule has 26 heavy (non-hydrogen) atoms. The van der Waals surface area contributed by atoms with E-state index in [1.807, 2.05) is 5.38 Å². The second kappa shape index (κ2) is 7.23. The summed E-state index contributed by atoms with van der Waals surface area (Å²) in [6.45, 7) is 8.37. The van der Waals surface area contributed by atoms with E-state index in [1.54, 1.807) is 35.6 Å². The summed E-state index contributed by atoms with van der Waals surface area (Å²) >= 11 is 1.71. The van der Waals surface area contributed by atoms with Crippen molar-refractivity contribution >= 4 is 34.5 Å². The van der Waals surface area contributed by atoms with E-state index in [1.165, 1.54) is 17.4 Å². The molecule has 138 valence electrons. The molecule has 5 heteroatoms. The van der Waals surface area contributed by atoms with Gasteiger partial charge < -0.3 is 10.6 Å². The molecule has 1 unspecified atom stereocenters. The van der Waals surface area contributed by atoms with Crippen molar-refractivity contribution in [2.75, 3.05) is 10.6 Å². The van der Waals surface area contributed by atoms with Gasteiger partial charge in [-0.05, 0) is 60.4 Å². The van der Waals surface area contributed by atoms with Crippen LogP contribution in [0.3, 0.4) is 0 Å². The minimum atomic E-state index is -0.111. The van der Waals surface area contributed by atoms with E-state index in [-0.39, 0.29) is 11.8 Å². The fourth-order valence-corrected chi connectivity index (χ4v) is 4.64. The monoisotopic (exact) mass is 370 g/mol. The lowest BCUT2D eigenvalue weighted by Gasteiger charge is -2.34. The Morgan fingerprint density at radius 1 is 1.08 bits per heavy atom. The highest BCUT2D eigenvalue weighted by Gasteiger charge is 2.31. The van der Waals surface area contributed by atoms with Gasteiger partial charge in [-0.1, -0.05) is 20.8 Å². The van der Waals surface area contributed by atoms with Gasteiger partial charge in [0.25, 0.3) is 5.91 Å². The van der Waals surface area contributed by atoms with E-state index in [0.717, 1.165) is 36.2 Å². The number of fused-ring (bicyclic) bond motifs is 1. The third kappa shape index (κ3) is 4.15. The molecule has 1 aromatic carbocycles. The molecule has 2 aromatic rings. The summed E-state index contributed by atoms with van der Waals surface area (Å²) in [6, 6.07) is 7.18. The molecule has 0 bridgehead atoms. The summed E-state index contributed by atoms with van der Waals surface area (Å²) in [5.74, 6) is 0.509. The number of hydrogen-bond donors (Lipinski definition) is 2. The first-order valence-electron chi connectivity index (χ1n) is 9.02. The SMILES string of the molecule is CC(=O)Nc1ccc(NC(=O)c2csc3c2CCC(C(C)(C)C)C3)cc1. The summed E-state index contributed by atoms with van der Waals surface area (Å²) in [7, 11) is 0. The molecule has 1 aliphatic rings. The number of anilines is 2. The average Bonchev–Trinajstić information content (AvgIpc) is 2.98. The lowest BCUT2D eigenvalue weighted by atomic mass is 9.72. The predicted octanol–water partition coefficient (Wildman–Crippen LogP) is 5.11. The van der Waals surface area contributed by atoms with Crippen LogP contribution in [0.15, 0.2) is 29.6 Å². The first-order chi connectivity index (χ1) is 12.2. The second-order valence-corrected chi connectivity index (χ2v) is 9.03. The van der Waals surface area contributed by atoms with Gasteiger partial charge in [-0.3, -0.25) is 9.59 Å². The van der Waals surface area contributed by atoms with E-state index in [9.17, 15) is 9.59 Å². The van der Waals surface area contributed by atoms with Crippen molar-refractivity contribution in [3.8, 4) is 0 Å². The molecule has 1 aliphatic carbocycles. The first-order valence-corrected chi connectivity index (χ1v) is 9.90. The molecule has 1 aromatic heterocycles. The summed E-state index contributed by atoms with van der Waals surface area (Å²) in [5, 5.41) is 7.69. The number of benzene rings is 1. The summed E-state index contributed by atoms with van der Waals surface area (Å²) in [6.07, 6.45) is 3.19. The molecule has 2 amide bonds. The second-order valence-electron chi connectivity index (χ2n) is 8.07. The Morgan fingerprint density at radius 2 is 1.69 bits per heavy atom. The molecular weight excluding hydrogens is 344 g/mol. The van der Waals surface area contributed by atoms with Crippen LogP contribution >= 0.6 is 11.3 Å². The molecule has 0 spiro atoms. The minimum Gasteiger partial charge on any atom is -0.326 e. The smallest absolute Gasteiger partial charge is 0.256 e. The normalized spacial score (nSPS) is 16.7. The summed E-state index contributed by atoms with van der Waals surface area (Å²) < 4.78 is 0. The molecule has 0 saturated carbocycles. The van der Waals surface area contributed by atoms with Gasteiger partial charge in [0.15, 0.2) is 0 Å². The molecule has 0 aliphatic heterocycles. The minimum absolute atomic E-state index is 0.0519. The van der Waals surface area contributed by atoms with Gasteiger partial charge >= 0.3 is 0 Å². The Morgan fingerprint density at radius 3 is 2.27 bits per heavy atom. The maximum Gasteiger partial charge on any atom is 0.256 e. The molecule has 1 atom stereocenters. The Balaban J connectivity index is 1.70. The van der Waals surface area contributed by atoms with Gasteiger partial charge in [0.1, 0.15) is 0 Å². The number of nitrogens with one attached hydrogen (secondary N) is 2. The van der Waals surface area contributed by atoms with Crippen LogP contribution in [-0.2, 0) is 17.6 Å². The molecule has 0 fully saturated rings. The maximum atomic E-state index is 12.7. The number of rotatable bonds is 3. The quantitative estimate of drug-likeness (QED) is 0.789. The fraction of sp³-hybridized carbons (Fsp3) is 0.429. The van der Waals surface area contributed by atoms with Gasteiger partial charge in [-0.2, -0.15) is 0 Å². The number of carbonyl (C=O) groups is 2. The molecule has 4 nitrogen and oxygen atoms in total. The van der Waals surface area contributed by atoms with Crippen LogP contribution in [0, 0.1) is 11.3 Å². The summed E-state index contributed by atoms with van der Waals surface area (Å²) in [5.41, 5.74) is 3.79. The highest BCUT2D eigenvalue weighted by Crippen LogP contribution is 2.40. The van der Waals surface area contributed by atoms with Crippen LogP contribution in [0.2, 0.25) is 0 Å². The number of carbonyl (C=O) groups excluding carboxylic acids is 2. The van der Waals surface area contributed by atoms with Gasteiger partial charge in [-0.25, -0.2) is 0 Å². The standard InChI is InChI=1S/C21H26N2O2S/c1-13(24)22-15-6-8-16(9-7-15)23-20(25)18-12-26-19-11-14(21(2,3)4)5-10-17(18)19/h6-9,12,14H,5,10-11H2,1-4H3,(H,22,24)(H,23,25). The zero-order chi connectivity index (χ0) is 18.9. The number of hydrogen-bond acceptors (Lipinski definition) is 3. The largest absolute Gasteiger partial charge is 0.326 e. The fourth-order valence-electron chi connectivity index (χ4n) is 3.48. The van der Waals surface area contributed by atoms with E-state index in [4.69, 9.17) is 0 Å². The van der Waals surface area contributed by atoms with Gasteiger partial charge in [-0.15, -0.1) is 11.3 Å². The van der Waals surface area contributed by atoms with E-state index in [0.29, 0.717) is 11.3 Å². The van der Waals surface area contributed by atoms with Crippen LogP contribution in [0.4, 0.5) is 11.4 Å². The van der Waals surface area contributed by atoms with Crippen LogP contribution in [0.1, 0.15) is 54.9 Å². The topological polar surface area (TPSA) is 58.2 Å². The highest BCUT2D eigenvalue weighted by atomic mass is 32.1. The van der Waals surface area contributed by atoms with E-state index >= 15 is 0 Å². The van der Waals surface area contributed by atoms with Crippen molar-refractivity contribution in [1.29, 1.82) is 0 Å². The number of amides is 2. The Kier molecular flexibility index (Phi) is 5.19. The van der Waals surface area contributed by atoms with Crippen LogP contribution in [-0.4, -0.2) is 11.8 Å². The van der Waals surface area contributed by atoms with Crippen LogP contribution < -0.4 is 10.6 Å². The Hall–Kier alpha value is -2.14. The molecule has 3 rings (SSSR count). The van der Waals surface area contributed by atoms with Gasteiger partial charge in [0.2, 0.25) is 5.91 Å². The Bertz CT molecular complexity index is 816. The van der Waals surface area contributed by atoms with Crippen molar-refractivity contribution in [2.24, 2.45) is 11.3 Å². The van der Waals surface area contributed by atoms with E-state index < -0.39 is 0 Å². The van der Waals surface area contributed by atoms with Gasteiger partial charge in [0, 0.05) is 28.6 Å². The predicted molar refractivity (Wildman–Crippen MR) is 108 cm³/mol. The van der Waals surface area contributed by atoms with Crippen LogP contribution in [0.25, 0.3) is 0 Å². The molecule has 0 radical (unpaired) electrons. The van der Waals surface area contributed by atoms with Crippen molar-refractivity contribution in [2.45, 2.75) is 47.0 Å². The van der Waals surface area contributed by atoms with E-state index in [2.05, 4.69) is 31.4 Å². The Labute approximate surface area is 159 Å².